The van der Waals surface area contributed by atoms with E-state index in [9.17, 15) is 9.59 Å². The highest BCUT2D eigenvalue weighted by Gasteiger charge is 2.26. The summed E-state index contributed by atoms with van der Waals surface area (Å²) in [6, 6.07) is 12.9. The van der Waals surface area contributed by atoms with Crippen molar-refractivity contribution in [2.45, 2.75) is 66.1 Å². The van der Waals surface area contributed by atoms with Crippen LogP contribution in [0.2, 0.25) is 5.02 Å². The molecule has 4 nitrogen and oxygen atoms in total. The monoisotopic (exact) mass is 414 g/mol. The number of hydrogen-bond acceptors (Lipinski definition) is 2. The third kappa shape index (κ3) is 6.60. The average Bonchev–Trinajstić information content (AvgIpc) is 2.69. The van der Waals surface area contributed by atoms with E-state index in [1.807, 2.05) is 51.1 Å². The highest BCUT2D eigenvalue weighted by molar-refractivity contribution is 6.30. The quantitative estimate of drug-likeness (QED) is 0.672. The van der Waals surface area contributed by atoms with Gasteiger partial charge in [-0.05, 0) is 68.5 Å². The molecule has 0 aliphatic carbocycles. The molecule has 2 amide bonds. The molecule has 0 spiro atoms. The third-order valence-corrected chi connectivity index (χ3v) is 5.61. The molecule has 0 unspecified atom stereocenters. The van der Waals surface area contributed by atoms with Crippen LogP contribution in [0.3, 0.4) is 0 Å². The van der Waals surface area contributed by atoms with Crippen molar-refractivity contribution in [3.05, 3.63) is 69.7 Å². The number of halogens is 1. The zero-order valence-electron chi connectivity index (χ0n) is 18.0. The largest absolute Gasteiger partial charge is 0.352 e. The maximum atomic E-state index is 13.2. The van der Waals surface area contributed by atoms with Crippen LogP contribution in [0.15, 0.2) is 42.5 Å². The predicted molar refractivity (Wildman–Crippen MR) is 119 cm³/mol. The molecule has 0 saturated heterocycles. The molecule has 2 atom stereocenters. The number of rotatable bonds is 8. The first kappa shape index (κ1) is 23.0. The number of aryl methyl sites for hydroxylation is 2. The lowest BCUT2D eigenvalue weighted by Crippen LogP contribution is -2.49. The number of carbonyl (C=O) groups is 2. The van der Waals surface area contributed by atoms with Gasteiger partial charge in [0.1, 0.15) is 6.04 Å². The van der Waals surface area contributed by atoms with E-state index in [0.29, 0.717) is 11.6 Å². The Balaban J connectivity index is 2.23. The Morgan fingerprint density at radius 1 is 1.00 bits per heavy atom. The zero-order chi connectivity index (χ0) is 21.6. The van der Waals surface area contributed by atoms with Crippen molar-refractivity contribution in [3.8, 4) is 0 Å². The molecule has 5 heteroatoms. The first-order chi connectivity index (χ1) is 13.7. The molecule has 0 heterocycles. The second-order valence-electron chi connectivity index (χ2n) is 7.74. The Hall–Kier alpha value is -2.33. The lowest BCUT2D eigenvalue weighted by atomic mass is 10.0. The molecule has 0 fully saturated rings. The van der Waals surface area contributed by atoms with Gasteiger partial charge in [-0.15, -0.1) is 0 Å². The van der Waals surface area contributed by atoms with Crippen LogP contribution in [0.4, 0.5) is 0 Å². The van der Waals surface area contributed by atoms with Crippen LogP contribution >= 0.6 is 11.6 Å². The summed E-state index contributed by atoms with van der Waals surface area (Å²) in [6.07, 6.45) is 1.10. The number of carbonyl (C=O) groups excluding carboxylic acids is 2. The first-order valence-electron chi connectivity index (χ1n) is 10.1. The summed E-state index contributed by atoms with van der Waals surface area (Å²) < 4.78 is 0. The van der Waals surface area contributed by atoms with E-state index in [0.717, 1.165) is 23.1 Å². The van der Waals surface area contributed by atoms with Crippen LogP contribution in [0, 0.1) is 13.8 Å². The highest BCUT2D eigenvalue weighted by Crippen LogP contribution is 2.17. The summed E-state index contributed by atoms with van der Waals surface area (Å²) >= 11 is 5.99. The van der Waals surface area contributed by atoms with Gasteiger partial charge in [0.05, 0.1) is 6.42 Å². The van der Waals surface area contributed by atoms with Crippen LogP contribution in [0.25, 0.3) is 0 Å². The molecular formula is C24H31ClN2O2. The standard InChI is InChI=1S/C24H31ClN2O2/c1-6-18(4)26-24(29)19(5)27(15-20-9-11-22(25)12-10-20)23(28)14-21-8-7-16(2)17(3)13-21/h7-13,18-19H,6,14-15H2,1-5H3,(H,26,29)/t18-,19+/m1/s1. The van der Waals surface area contributed by atoms with Crippen molar-refractivity contribution in [2.24, 2.45) is 0 Å². The maximum absolute atomic E-state index is 13.2. The second kappa shape index (κ2) is 10.4. The lowest BCUT2D eigenvalue weighted by molar-refractivity contribution is -0.140. The van der Waals surface area contributed by atoms with E-state index in [1.54, 1.807) is 24.0 Å². The summed E-state index contributed by atoms with van der Waals surface area (Å²) in [4.78, 5) is 27.6. The Kier molecular flexibility index (Phi) is 8.27. The Labute approximate surface area is 179 Å². The van der Waals surface area contributed by atoms with Gasteiger partial charge in [-0.3, -0.25) is 9.59 Å². The molecule has 2 aromatic carbocycles. The summed E-state index contributed by atoms with van der Waals surface area (Å²) in [5.41, 5.74) is 4.24. The van der Waals surface area contributed by atoms with Crippen molar-refractivity contribution < 1.29 is 9.59 Å². The summed E-state index contributed by atoms with van der Waals surface area (Å²) in [5, 5.41) is 3.63. The van der Waals surface area contributed by atoms with Gasteiger partial charge < -0.3 is 10.2 Å². The van der Waals surface area contributed by atoms with Gasteiger partial charge in [0.25, 0.3) is 0 Å². The van der Waals surface area contributed by atoms with E-state index < -0.39 is 6.04 Å². The Morgan fingerprint density at radius 3 is 2.21 bits per heavy atom. The normalized spacial score (nSPS) is 12.9. The van der Waals surface area contributed by atoms with E-state index in [4.69, 9.17) is 11.6 Å². The fourth-order valence-corrected chi connectivity index (χ4v) is 3.15. The van der Waals surface area contributed by atoms with E-state index >= 15 is 0 Å². The minimum absolute atomic E-state index is 0.0668. The van der Waals surface area contributed by atoms with Crippen molar-refractivity contribution in [1.29, 1.82) is 0 Å². The highest BCUT2D eigenvalue weighted by atomic mass is 35.5. The van der Waals surface area contributed by atoms with Crippen molar-refractivity contribution >= 4 is 23.4 Å². The average molecular weight is 415 g/mol. The van der Waals surface area contributed by atoms with Crippen LogP contribution in [-0.2, 0) is 22.6 Å². The number of nitrogens with one attached hydrogen (secondary N) is 1. The number of hydrogen-bond donors (Lipinski definition) is 1. The number of benzene rings is 2. The molecule has 2 rings (SSSR count). The number of nitrogens with zero attached hydrogens (tertiary/aromatic N) is 1. The zero-order valence-corrected chi connectivity index (χ0v) is 18.7. The van der Waals surface area contributed by atoms with E-state index in [-0.39, 0.29) is 24.3 Å². The molecule has 2 aromatic rings. The van der Waals surface area contributed by atoms with E-state index in [2.05, 4.69) is 12.2 Å². The molecule has 0 aromatic heterocycles. The number of amides is 2. The molecule has 0 aliphatic heterocycles. The Morgan fingerprint density at radius 2 is 1.62 bits per heavy atom. The summed E-state index contributed by atoms with van der Waals surface area (Å²) in [6.45, 7) is 10.2. The first-order valence-corrected chi connectivity index (χ1v) is 10.5. The fraction of sp³-hybridized carbons (Fsp3) is 0.417. The van der Waals surface area contributed by atoms with Crippen LogP contribution in [0.5, 0.6) is 0 Å². The van der Waals surface area contributed by atoms with Gasteiger partial charge in [-0.25, -0.2) is 0 Å². The van der Waals surface area contributed by atoms with Gasteiger partial charge in [0.2, 0.25) is 11.8 Å². The van der Waals surface area contributed by atoms with Crippen LogP contribution in [-0.4, -0.2) is 28.8 Å². The van der Waals surface area contributed by atoms with Crippen molar-refractivity contribution in [2.75, 3.05) is 0 Å². The van der Waals surface area contributed by atoms with Gasteiger partial charge in [0, 0.05) is 17.6 Å². The molecule has 29 heavy (non-hydrogen) atoms. The fourth-order valence-electron chi connectivity index (χ4n) is 3.02. The Bertz CT molecular complexity index is 848. The van der Waals surface area contributed by atoms with Crippen LogP contribution < -0.4 is 5.32 Å². The predicted octanol–water partition coefficient (Wildman–Crippen LogP) is 4.83. The minimum Gasteiger partial charge on any atom is -0.352 e. The van der Waals surface area contributed by atoms with Gasteiger partial charge >= 0.3 is 0 Å². The molecule has 0 bridgehead atoms. The molecule has 156 valence electrons. The summed E-state index contributed by atoms with van der Waals surface area (Å²) in [5.74, 6) is -0.211. The molecule has 0 radical (unpaired) electrons. The van der Waals surface area contributed by atoms with Gasteiger partial charge in [-0.1, -0.05) is 48.9 Å². The topological polar surface area (TPSA) is 49.4 Å². The second-order valence-corrected chi connectivity index (χ2v) is 8.17. The van der Waals surface area contributed by atoms with E-state index in [1.165, 1.54) is 5.56 Å². The van der Waals surface area contributed by atoms with Crippen LogP contribution in [0.1, 0.15) is 49.4 Å². The van der Waals surface area contributed by atoms with Gasteiger partial charge in [-0.2, -0.15) is 0 Å². The summed E-state index contributed by atoms with van der Waals surface area (Å²) in [7, 11) is 0. The minimum atomic E-state index is -0.571. The SMILES string of the molecule is CC[C@@H](C)NC(=O)[C@H](C)N(Cc1ccc(Cl)cc1)C(=O)Cc1ccc(C)c(C)c1. The molecule has 0 aliphatic rings. The van der Waals surface area contributed by atoms with Crippen molar-refractivity contribution in [1.82, 2.24) is 10.2 Å². The maximum Gasteiger partial charge on any atom is 0.242 e. The molecular weight excluding hydrogens is 384 g/mol. The van der Waals surface area contributed by atoms with Gasteiger partial charge in [0.15, 0.2) is 0 Å². The lowest BCUT2D eigenvalue weighted by Gasteiger charge is -2.30. The smallest absolute Gasteiger partial charge is 0.242 e. The van der Waals surface area contributed by atoms with Crippen molar-refractivity contribution in [3.63, 3.8) is 0 Å². The third-order valence-electron chi connectivity index (χ3n) is 5.36. The molecule has 0 saturated carbocycles. The molecule has 1 N–H and O–H groups in total.